The summed E-state index contributed by atoms with van der Waals surface area (Å²) in [6.45, 7) is 6.89. The van der Waals surface area contributed by atoms with Crippen LogP contribution in [0.15, 0.2) is 0 Å². The largest absolute Gasteiger partial charge is 0.480 e. The number of rotatable bonds is 4. The molecule has 108 valence electrons. The number of carboxylic acid groups (broad SMARTS) is 1. The number of nitrogens with zero attached hydrogens (tertiary/aromatic N) is 1. The van der Waals surface area contributed by atoms with Crippen LogP contribution < -0.4 is 0 Å². The number of carboxylic acids is 1. The Hall–Kier alpha value is -0.690. The summed E-state index contributed by atoms with van der Waals surface area (Å²) >= 11 is 2.56. The minimum Gasteiger partial charge on any atom is -0.480 e. The van der Waals surface area contributed by atoms with Crippen LogP contribution in [0.5, 0.6) is 0 Å². The summed E-state index contributed by atoms with van der Waals surface area (Å²) in [6, 6.07) is -0.780. The fourth-order valence-corrected chi connectivity index (χ4v) is 3.79. The van der Waals surface area contributed by atoms with Crippen LogP contribution in [0.25, 0.3) is 0 Å². The topological polar surface area (TPSA) is 74.7 Å². The molecule has 1 saturated heterocycles. The first-order valence-corrected chi connectivity index (χ1v) is 7.97. The Morgan fingerprint density at radius 3 is 2.53 bits per heavy atom. The van der Waals surface area contributed by atoms with Crippen molar-refractivity contribution in [3.05, 3.63) is 0 Å². The summed E-state index contributed by atoms with van der Waals surface area (Å²) in [5.74, 6) is -0.749. The first-order valence-electron chi connectivity index (χ1n) is 6.00. The molecule has 19 heavy (non-hydrogen) atoms. The number of aliphatic carboxylic acids is 1. The van der Waals surface area contributed by atoms with E-state index in [1.54, 1.807) is 6.92 Å². The second-order valence-electron chi connectivity index (χ2n) is 5.02. The van der Waals surface area contributed by atoms with Crippen molar-refractivity contribution >= 4 is 40.5 Å². The molecule has 1 fully saturated rings. The SMILES string of the molecule is CC(=O)SCC(C)C(=O)N1C(C(=O)O)CSC1(C)C. The third-order valence-corrected chi connectivity index (χ3v) is 5.43. The fourth-order valence-electron chi connectivity index (χ4n) is 1.95. The van der Waals surface area contributed by atoms with Crippen molar-refractivity contribution in [3.63, 3.8) is 0 Å². The highest BCUT2D eigenvalue weighted by Crippen LogP contribution is 2.40. The standard InChI is InChI=1S/C12H19NO4S2/c1-7(5-18-8(2)14)10(15)13-9(11(16)17)6-19-12(13,3)4/h7,9H,5-6H2,1-4H3,(H,16,17). The lowest BCUT2D eigenvalue weighted by atomic mass is 10.1. The van der Waals surface area contributed by atoms with E-state index in [9.17, 15) is 19.5 Å². The van der Waals surface area contributed by atoms with Crippen LogP contribution in [0.2, 0.25) is 0 Å². The summed E-state index contributed by atoms with van der Waals surface area (Å²) in [6.07, 6.45) is 0. The molecule has 0 saturated carbocycles. The third-order valence-electron chi connectivity index (χ3n) is 2.97. The van der Waals surface area contributed by atoms with Crippen LogP contribution in [-0.4, -0.2) is 49.4 Å². The average Bonchev–Trinajstić information content (AvgIpc) is 2.60. The number of carbonyl (C=O) groups is 3. The highest BCUT2D eigenvalue weighted by atomic mass is 32.2. The first-order chi connectivity index (χ1) is 8.66. The van der Waals surface area contributed by atoms with E-state index in [0.29, 0.717) is 11.5 Å². The number of hydrogen-bond donors (Lipinski definition) is 1. The third kappa shape index (κ3) is 3.89. The quantitative estimate of drug-likeness (QED) is 0.851. The molecule has 0 aromatic carbocycles. The van der Waals surface area contributed by atoms with Gasteiger partial charge >= 0.3 is 5.97 Å². The molecule has 2 unspecified atom stereocenters. The van der Waals surface area contributed by atoms with Crippen LogP contribution in [0.4, 0.5) is 0 Å². The zero-order valence-corrected chi connectivity index (χ0v) is 13.1. The van der Waals surface area contributed by atoms with Gasteiger partial charge in [-0.1, -0.05) is 18.7 Å². The highest BCUT2D eigenvalue weighted by molar-refractivity contribution is 8.13. The molecule has 0 aromatic rings. The van der Waals surface area contributed by atoms with Crippen LogP contribution in [-0.2, 0) is 14.4 Å². The maximum Gasteiger partial charge on any atom is 0.327 e. The van der Waals surface area contributed by atoms with Crippen molar-refractivity contribution in [3.8, 4) is 0 Å². The van der Waals surface area contributed by atoms with Crippen molar-refractivity contribution in [2.75, 3.05) is 11.5 Å². The summed E-state index contributed by atoms with van der Waals surface area (Å²) in [4.78, 5) is 35.5. The predicted molar refractivity (Wildman–Crippen MR) is 77.1 cm³/mol. The zero-order valence-electron chi connectivity index (χ0n) is 11.5. The van der Waals surface area contributed by atoms with Crippen LogP contribution >= 0.6 is 23.5 Å². The summed E-state index contributed by atoms with van der Waals surface area (Å²) in [5.41, 5.74) is 0. The van der Waals surface area contributed by atoms with Gasteiger partial charge in [0.25, 0.3) is 0 Å². The van der Waals surface area contributed by atoms with Gasteiger partial charge in [-0.3, -0.25) is 9.59 Å². The smallest absolute Gasteiger partial charge is 0.327 e. The lowest BCUT2D eigenvalue weighted by Crippen LogP contribution is -2.52. The minimum atomic E-state index is -0.974. The molecule has 0 aliphatic carbocycles. The Balaban J connectivity index is 2.81. The summed E-state index contributed by atoms with van der Waals surface area (Å²) < 4.78 is 0. The van der Waals surface area contributed by atoms with Crippen molar-refractivity contribution < 1.29 is 19.5 Å². The molecule has 0 bridgehead atoms. The first kappa shape index (κ1) is 16.4. The maximum absolute atomic E-state index is 12.4. The molecule has 1 amide bonds. The monoisotopic (exact) mass is 305 g/mol. The van der Waals surface area contributed by atoms with Gasteiger partial charge in [0.1, 0.15) is 6.04 Å². The van der Waals surface area contributed by atoms with Crippen molar-refractivity contribution in [2.45, 2.75) is 38.6 Å². The number of amides is 1. The highest BCUT2D eigenvalue weighted by Gasteiger charge is 2.47. The Kier molecular flexibility index (Phi) is 5.32. The second kappa shape index (κ2) is 6.17. The minimum absolute atomic E-state index is 0.0375. The lowest BCUT2D eigenvalue weighted by molar-refractivity contribution is -0.152. The van der Waals surface area contributed by atoms with Gasteiger partial charge in [0, 0.05) is 24.3 Å². The van der Waals surface area contributed by atoms with Crippen LogP contribution in [0.1, 0.15) is 27.7 Å². The normalized spacial score (nSPS) is 23.2. The summed E-state index contributed by atoms with van der Waals surface area (Å²) in [7, 11) is 0. The fraction of sp³-hybridized carbons (Fsp3) is 0.750. The van der Waals surface area contributed by atoms with Crippen molar-refractivity contribution in [1.82, 2.24) is 4.90 Å². The van der Waals surface area contributed by atoms with E-state index in [1.165, 1.54) is 23.6 Å². The zero-order chi connectivity index (χ0) is 14.8. The molecule has 2 atom stereocenters. The maximum atomic E-state index is 12.4. The van der Waals surface area contributed by atoms with Gasteiger partial charge in [0.15, 0.2) is 5.12 Å². The van der Waals surface area contributed by atoms with E-state index >= 15 is 0 Å². The van der Waals surface area contributed by atoms with Gasteiger partial charge in [-0.2, -0.15) is 0 Å². The van der Waals surface area contributed by atoms with E-state index in [4.69, 9.17) is 0 Å². The molecule has 1 N–H and O–H groups in total. The molecule has 1 aliphatic rings. The Bertz CT molecular complexity index is 397. The van der Waals surface area contributed by atoms with Gasteiger partial charge in [-0.25, -0.2) is 4.79 Å². The molecule has 1 aliphatic heterocycles. The van der Waals surface area contributed by atoms with Gasteiger partial charge in [0.2, 0.25) is 5.91 Å². The van der Waals surface area contributed by atoms with Gasteiger partial charge in [0.05, 0.1) is 4.87 Å². The molecule has 0 spiro atoms. The average molecular weight is 305 g/mol. The van der Waals surface area contributed by atoms with Crippen LogP contribution in [0, 0.1) is 5.92 Å². The van der Waals surface area contributed by atoms with Crippen LogP contribution in [0.3, 0.4) is 0 Å². The van der Waals surface area contributed by atoms with Gasteiger partial charge in [-0.05, 0) is 13.8 Å². The Labute approximate surface area is 121 Å². The molecule has 1 rings (SSSR count). The van der Waals surface area contributed by atoms with E-state index in [0.717, 1.165) is 11.8 Å². The van der Waals surface area contributed by atoms with E-state index in [2.05, 4.69) is 0 Å². The number of hydrogen-bond acceptors (Lipinski definition) is 5. The summed E-state index contributed by atoms with van der Waals surface area (Å²) in [5, 5.41) is 9.16. The van der Waals surface area contributed by atoms with Crippen molar-refractivity contribution in [2.24, 2.45) is 5.92 Å². The molecule has 5 nitrogen and oxygen atoms in total. The van der Waals surface area contributed by atoms with E-state index in [-0.39, 0.29) is 16.9 Å². The second-order valence-corrected chi connectivity index (χ2v) is 7.84. The van der Waals surface area contributed by atoms with Gasteiger partial charge < -0.3 is 10.0 Å². The van der Waals surface area contributed by atoms with Gasteiger partial charge in [-0.15, -0.1) is 11.8 Å². The molecule has 1 heterocycles. The van der Waals surface area contributed by atoms with Crippen molar-refractivity contribution in [1.29, 1.82) is 0 Å². The molecular formula is C12H19NO4S2. The van der Waals surface area contributed by atoms with E-state index in [1.807, 2.05) is 13.8 Å². The predicted octanol–water partition coefficient (Wildman–Crippen LogP) is 1.67. The molecule has 0 aromatic heterocycles. The molecule has 0 radical (unpaired) electrons. The Morgan fingerprint density at radius 1 is 1.47 bits per heavy atom. The molecular weight excluding hydrogens is 286 g/mol. The molecule has 7 heteroatoms. The Morgan fingerprint density at radius 2 is 2.05 bits per heavy atom. The van der Waals surface area contributed by atoms with E-state index < -0.39 is 16.9 Å². The number of thioether (sulfide) groups is 2. The number of carbonyl (C=O) groups excluding carboxylic acids is 2. The lowest BCUT2D eigenvalue weighted by Gasteiger charge is -2.35.